The van der Waals surface area contributed by atoms with E-state index in [1.165, 1.54) is 28.4 Å². The van der Waals surface area contributed by atoms with Crippen molar-refractivity contribution >= 4 is 59.0 Å². The lowest BCUT2D eigenvalue weighted by atomic mass is 10.2. The van der Waals surface area contributed by atoms with Crippen LogP contribution in [-0.2, 0) is 0 Å². The molecule has 0 aliphatic heterocycles. The molecule has 10 heteroatoms. The topological polar surface area (TPSA) is 98.5 Å². The van der Waals surface area contributed by atoms with Gasteiger partial charge in [-0.15, -0.1) is 0 Å². The molecule has 0 radical (unpaired) electrons. The van der Waals surface area contributed by atoms with Gasteiger partial charge >= 0.3 is 5.97 Å². The first kappa shape index (κ1) is 18.6. The van der Waals surface area contributed by atoms with Crippen LogP contribution in [0.4, 0.5) is 11.6 Å². The summed E-state index contributed by atoms with van der Waals surface area (Å²) in [6, 6.07) is 6.44. The van der Waals surface area contributed by atoms with E-state index >= 15 is 0 Å². The van der Waals surface area contributed by atoms with Gasteiger partial charge in [-0.3, -0.25) is 3.97 Å². The van der Waals surface area contributed by atoms with Crippen molar-refractivity contribution in [3.63, 3.8) is 0 Å². The van der Waals surface area contributed by atoms with Gasteiger partial charge in [0.05, 0.1) is 30.4 Å². The average Bonchev–Trinajstić information content (AvgIpc) is 3.05. The minimum Gasteiger partial charge on any atom is -0.495 e. The number of methoxy groups -OCH3 is 1. The third-order valence-corrected chi connectivity index (χ3v) is 5.24. The number of hydrogen-bond acceptors (Lipinski definition) is 7. The predicted octanol–water partition coefficient (Wildman–Crippen LogP) is 4.13. The van der Waals surface area contributed by atoms with Gasteiger partial charge in [0.1, 0.15) is 5.75 Å². The molecule has 2 aromatic heterocycles. The van der Waals surface area contributed by atoms with E-state index in [-0.39, 0.29) is 5.56 Å². The monoisotopic (exact) mass is 486 g/mol. The van der Waals surface area contributed by atoms with E-state index in [1.807, 2.05) is 23.2 Å². The van der Waals surface area contributed by atoms with Gasteiger partial charge in [-0.1, -0.05) is 0 Å². The Kier molecular flexibility index (Phi) is 5.71. The van der Waals surface area contributed by atoms with Crippen molar-refractivity contribution in [3.05, 3.63) is 36.0 Å². The predicted molar refractivity (Wildman–Crippen MR) is 109 cm³/mol. The van der Waals surface area contributed by atoms with Crippen molar-refractivity contribution in [2.24, 2.45) is 0 Å². The molecule has 0 amide bonds. The number of carboxylic acid groups (broad SMARTS) is 1. The maximum absolute atomic E-state index is 11.1. The molecule has 8 nitrogen and oxygen atoms in total. The summed E-state index contributed by atoms with van der Waals surface area (Å²) in [5.41, 5.74) is 1.40. The molecular weight excluding hydrogens is 471 g/mol. The quantitative estimate of drug-likeness (QED) is 0.482. The third-order valence-electron chi connectivity index (χ3n) is 3.53. The number of carboxylic acids is 1. The highest BCUT2D eigenvalue weighted by Crippen LogP contribution is 2.32. The molecule has 0 atom stereocenters. The molecule has 0 saturated carbocycles. The summed E-state index contributed by atoms with van der Waals surface area (Å²) in [5.74, 6) is 0.159. The number of nitrogens with zero attached hydrogens (tertiary/aromatic N) is 3. The second-order valence-electron chi connectivity index (χ2n) is 5.08. The van der Waals surface area contributed by atoms with Crippen molar-refractivity contribution in [3.8, 4) is 11.6 Å². The number of aromatic nitrogens is 3. The van der Waals surface area contributed by atoms with Crippen LogP contribution in [0.1, 0.15) is 17.3 Å². The standard InChI is InChI=1S/C16H15IN4O4S/c1-3-25-14-10-6-7-21(26-17)13(10)19-16(20-14)18-11-5-4-9(15(22)23)8-12(11)24-2/h4-8H,3H2,1-2H3,(H,22,23)(H,18,19,20). The van der Waals surface area contributed by atoms with E-state index in [4.69, 9.17) is 14.6 Å². The van der Waals surface area contributed by atoms with Gasteiger partial charge in [0, 0.05) is 36.5 Å². The summed E-state index contributed by atoms with van der Waals surface area (Å²) in [5, 5.41) is 13.0. The van der Waals surface area contributed by atoms with Crippen molar-refractivity contribution in [1.29, 1.82) is 0 Å². The Hall–Kier alpha value is -2.21. The summed E-state index contributed by atoms with van der Waals surface area (Å²) in [6.07, 6.45) is 1.89. The lowest BCUT2D eigenvalue weighted by molar-refractivity contribution is 0.0696. The molecular formula is C16H15IN4O4S. The highest BCUT2D eigenvalue weighted by molar-refractivity contribution is 14.2. The minimum absolute atomic E-state index is 0.133. The first-order chi connectivity index (χ1) is 12.6. The Bertz CT molecular complexity index is 963. The largest absolute Gasteiger partial charge is 0.495 e. The molecule has 0 fully saturated rings. The van der Waals surface area contributed by atoms with Crippen LogP contribution in [0.2, 0.25) is 0 Å². The molecule has 0 spiro atoms. The zero-order valence-electron chi connectivity index (χ0n) is 13.9. The van der Waals surface area contributed by atoms with E-state index in [0.29, 0.717) is 35.5 Å². The second kappa shape index (κ2) is 7.99. The lowest BCUT2D eigenvalue weighted by Crippen LogP contribution is -2.04. The Morgan fingerprint density at radius 3 is 2.85 bits per heavy atom. The zero-order valence-corrected chi connectivity index (χ0v) is 16.9. The molecule has 0 saturated heterocycles. The number of anilines is 2. The van der Waals surface area contributed by atoms with Crippen LogP contribution < -0.4 is 14.8 Å². The lowest BCUT2D eigenvalue weighted by Gasteiger charge is -2.12. The highest BCUT2D eigenvalue weighted by atomic mass is 127. The SMILES string of the molecule is CCOc1nc(Nc2ccc(C(=O)O)cc2OC)nc2c1ccn2SI. The van der Waals surface area contributed by atoms with Crippen molar-refractivity contribution in [2.75, 3.05) is 19.0 Å². The van der Waals surface area contributed by atoms with E-state index < -0.39 is 5.97 Å². The van der Waals surface area contributed by atoms with Crippen LogP contribution in [0, 0.1) is 0 Å². The molecule has 136 valence electrons. The fourth-order valence-electron chi connectivity index (χ4n) is 2.37. The number of aromatic carboxylic acids is 1. The maximum Gasteiger partial charge on any atom is 0.335 e. The number of carbonyl (C=O) groups is 1. The average molecular weight is 486 g/mol. The Balaban J connectivity index is 2.04. The first-order valence-electron chi connectivity index (χ1n) is 7.56. The smallest absolute Gasteiger partial charge is 0.335 e. The molecule has 2 heterocycles. The van der Waals surface area contributed by atoms with Crippen molar-refractivity contribution < 1.29 is 19.4 Å². The third kappa shape index (κ3) is 3.65. The minimum atomic E-state index is -1.02. The van der Waals surface area contributed by atoms with Crippen molar-refractivity contribution in [1.82, 2.24) is 13.9 Å². The van der Waals surface area contributed by atoms with Crippen LogP contribution in [-0.4, -0.2) is 38.7 Å². The number of halogens is 1. The van der Waals surface area contributed by atoms with Crippen LogP contribution in [0.25, 0.3) is 11.0 Å². The number of benzene rings is 1. The molecule has 0 aliphatic rings. The number of ether oxygens (including phenoxy) is 2. The fraction of sp³-hybridized carbons (Fsp3) is 0.188. The molecule has 0 bridgehead atoms. The fourth-order valence-corrected chi connectivity index (χ4v) is 3.64. The van der Waals surface area contributed by atoms with Crippen molar-refractivity contribution in [2.45, 2.75) is 6.92 Å². The molecule has 0 unspecified atom stereocenters. The van der Waals surface area contributed by atoms with E-state index in [9.17, 15) is 4.79 Å². The summed E-state index contributed by atoms with van der Waals surface area (Å²) in [6.45, 7) is 2.36. The summed E-state index contributed by atoms with van der Waals surface area (Å²) >= 11 is 2.17. The number of hydrogen-bond donors (Lipinski definition) is 2. The molecule has 1 aromatic carbocycles. The van der Waals surface area contributed by atoms with Crippen LogP contribution in [0.5, 0.6) is 11.6 Å². The molecule has 26 heavy (non-hydrogen) atoms. The van der Waals surface area contributed by atoms with E-state index in [1.54, 1.807) is 6.07 Å². The zero-order chi connectivity index (χ0) is 18.7. The van der Waals surface area contributed by atoms with Gasteiger partial charge in [0.25, 0.3) is 0 Å². The van der Waals surface area contributed by atoms with E-state index in [2.05, 4.69) is 36.5 Å². The van der Waals surface area contributed by atoms with Crippen LogP contribution >= 0.6 is 30.3 Å². The first-order valence-corrected chi connectivity index (χ1v) is 10.9. The molecule has 2 N–H and O–H groups in total. The Morgan fingerprint density at radius 1 is 1.38 bits per heavy atom. The Morgan fingerprint density at radius 2 is 2.19 bits per heavy atom. The molecule has 3 aromatic rings. The van der Waals surface area contributed by atoms with Gasteiger partial charge in [-0.25, -0.2) is 4.79 Å². The summed E-state index contributed by atoms with van der Waals surface area (Å²) in [4.78, 5) is 20.1. The number of rotatable bonds is 7. The second-order valence-corrected chi connectivity index (χ2v) is 6.79. The summed E-state index contributed by atoms with van der Waals surface area (Å²) in [7, 11) is 2.95. The van der Waals surface area contributed by atoms with E-state index in [0.717, 1.165) is 5.39 Å². The Labute approximate surface area is 165 Å². The van der Waals surface area contributed by atoms with Gasteiger partial charge in [-0.05, 0) is 31.2 Å². The van der Waals surface area contributed by atoms with Gasteiger partial charge in [0.2, 0.25) is 11.8 Å². The molecule has 0 aliphatic carbocycles. The normalized spacial score (nSPS) is 10.7. The van der Waals surface area contributed by atoms with Gasteiger partial charge < -0.3 is 19.9 Å². The number of fused-ring (bicyclic) bond motifs is 1. The maximum atomic E-state index is 11.1. The number of nitrogens with one attached hydrogen (secondary N) is 1. The highest BCUT2D eigenvalue weighted by Gasteiger charge is 2.15. The molecule has 3 rings (SSSR count). The summed E-state index contributed by atoms with van der Waals surface area (Å²) < 4.78 is 12.8. The van der Waals surface area contributed by atoms with Gasteiger partial charge in [0.15, 0.2) is 5.65 Å². The van der Waals surface area contributed by atoms with Crippen LogP contribution in [0.15, 0.2) is 30.5 Å². The van der Waals surface area contributed by atoms with Gasteiger partial charge in [-0.2, -0.15) is 9.97 Å². The van der Waals surface area contributed by atoms with Crippen LogP contribution in [0.3, 0.4) is 0 Å².